The molecule has 0 aromatic heterocycles. The molecule has 2 rings (SSSR count). The Morgan fingerprint density at radius 1 is 1.19 bits per heavy atom. The molecule has 1 amide bonds. The van der Waals surface area contributed by atoms with E-state index in [1.807, 2.05) is 12.2 Å². The van der Waals surface area contributed by atoms with Crippen LogP contribution in [0.4, 0.5) is 8.78 Å². The van der Waals surface area contributed by atoms with Gasteiger partial charge in [-0.2, -0.15) is 8.78 Å². The molecule has 200 valence electrons. The van der Waals surface area contributed by atoms with Crippen molar-refractivity contribution in [3.8, 4) is 5.75 Å². The van der Waals surface area contributed by atoms with Gasteiger partial charge in [0.05, 0.1) is 18.8 Å². The Kier molecular flexibility index (Phi) is 12.3. The van der Waals surface area contributed by atoms with Gasteiger partial charge in [-0.1, -0.05) is 36.4 Å². The lowest BCUT2D eigenvalue weighted by atomic mass is 9.89. The average molecular weight is 513 g/mol. The number of hydrogen-bond acceptors (Lipinski definition) is 7. The zero-order valence-electron chi connectivity index (χ0n) is 20.0. The largest absolute Gasteiger partial charge is 0.487 e. The topological polar surface area (TPSA) is 131 Å². The second kappa shape index (κ2) is 15.1. The summed E-state index contributed by atoms with van der Waals surface area (Å²) >= 11 is 0. The van der Waals surface area contributed by atoms with Crippen molar-refractivity contribution in [2.45, 2.75) is 56.7 Å². The highest BCUT2D eigenvalue weighted by Crippen LogP contribution is 2.37. The van der Waals surface area contributed by atoms with E-state index in [-0.39, 0.29) is 31.9 Å². The molecular weight excluding hydrogens is 478 g/mol. The van der Waals surface area contributed by atoms with Crippen LogP contribution in [0.1, 0.15) is 38.5 Å². The van der Waals surface area contributed by atoms with Crippen molar-refractivity contribution >= 4 is 5.91 Å². The molecule has 4 atom stereocenters. The number of carbonyl (C=O) groups excluding carboxylic acids is 1. The van der Waals surface area contributed by atoms with Crippen molar-refractivity contribution in [1.29, 1.82) is 0 Å². The first-order valence-electron chi connectivity index (χ1n) is 12.0. The van der Waals surface area contributed by atoms with Crippen LogP contribution in [0.15, 0.2) is 54.6 Å². The zero-order chi connectivity index (χ0) is 26.4. The van der Waals surface area contributed by atoms with Crippen LogP contribution in [0, 0.1) is 22.0 Å². The Morgan fingerprint density at radius 2 is 1.94 bits per heavy atom. The number of unbranched alkanes of at least 4 members (excludes halogenated alkanes) is 1. The number of halogens is 2. The van der Waals surface area contributed by atoms with E-state index in [2.05, 4.69) is 10.2 Å². The van der Waals surface area contributed by atoms with Crippen LogP contribution < -0.4 is 10.1 Å². The van der Waals surface area contributed by atoms with E-state index in [4.69, 9.17) is 4.74 Å². The lowest BCUT2D eigenvalue weighted by Crippen LogP contribution is -2.25. The molecule has 0 aliphatic heterocycles. The van der Waals surface area contributed by atoms with E-state index in [0.717, 1.165) is 6.08 Å². The Balaban J connectivity index is 1.72. The molecule has 1 saturated carbocycles. The maximum absolute atomic E-state index is 14.3. The number of hydrogen-bond donors (Lipinski definition) is 3. The zero-order valence-corrected chi connectivity index (χ0v) is 20.0. The molecular formula is C25H34F2N2O7. The summed E-state index contributed by atoms with van der Waals surface area (Å²) in [5, 5.41) is 32.4. The monoisotopic (exact) mass is 512 g/mol. The minimum absolute atomic E-state index is 0.0764. The van der Waals surface area contributed by atoms with Crippen LogP contribution in [-0.2, 0) is 9.63 Å². The van der Waals surface area contributed by atoms with E-state index >= 15 is 0 Å². The molecule has 11 heteroatoms. The number of rotatable bonds is 16. The number of amides is 1. The number of nitrogens with zero attached hydrogens (tertiary/aromatic N) is 1. The predicted molar refractivity (Wildman–Crippen MR) is 128 cm³/mol. The van der Waals surface area contributed by atoms with Crippen LogP contribution in [-0.4, -0.2) is 59.1 Å². The van der Waals surface area contributed by atoms with Gasteiger partial charge in [0.1, 0.15) is 5.75 Å². The lowest BCUT2D eigenvalue weighted by molar-refractivity contribution is -0.757. The highest BCUT2D eigenvalue weighted by molar-refractivity contribution is 5.75. The van der Waals surface area contributed by atoms with Crippen LogP contribution in [0.2, 0.25) is 0 Å². The SMILES string of the molecule is O=C(CCC/C=C\C[C@@H]1[C@@H](/C=C/C(F)(F)COc2ccccc2)[C@H](O)C[C@@H]1O)NCCCO[N+](=O)[O-]. The lowest BCUT2D eigenvalue weighted by Gasteiger charge is -2.20. The number of aliphatic hydroxyl groups is 2. The van der Waals surface area contributed by atoms with Gasteiger partial charge < -0.3 is 25.1 Å². The second-order valence-corrected chi connectivity index (χ2v) is 8.69. The van der Waals surface area contributed by atoms with Crippen molar-refractivity contribution in [2.24, 2.45) is 11.8 Å². The van der Waals surface area contributed by atoms with Gasteiger partial charge in [0.2, 0.25) is 5.91 Å². The van der Waals surface area contributed by atoms with Crippen LogP contribution in [0.5, 0.6) is 5.75 Å². The van der Waals surface area contributed by atoms with Gasteiger partial charge in [0.15, 0.2) is 6.61 Å². The first-order valence-corrected chi connectivity index (χ1v) is 12.0. The number of allylic oxidation sites excluding steroid dienone is 2. The smallest absolute Gasteiger partial charge is 0.299 e. The van der Waals surface area contributed by atoms with Gasteiger partial charge in [-0.3, -0.25) is 4.79 Å². The van der Waals surface area contributed by atoms with Gasteiger partial charge in [0, 0.05) is 25.3 Å². The average Bonchev–Trinajstić information content (AvgIpc) is 3.11. The Hall–Kier alpha value is -3.05. The van der Waals surface area contributed by atoms with E-state index in [1.165, 1.54) is 6.08 Å². The van der Waals surface area contributed by atoms with Gasteiger partial charge >= 0.3 is 0 Å². The third-order valence-corrected chi connectivity index (χ3v) is 5.84. The van der Waals surface area contributed by atoms with E-state index in [1.54, 1.807) is 30.3 Å². The fourth-order valence-electron chi connectivity index (χ4n) is 3.98. The van der Waals surface area contributed by atoms with Crippen LogP contribution in [0.3, 0.4) is 0 Å². The normalized spacial score (nSPS) is 22.2. The number of nitrogens with one attached hydrogen (secondary N) is 1. The van der Waals surface area contributed by atoms with E-state index in [0.29, 0.717) is 31.4 Å². The molecule has 3 N–H and O–H groups in total. The van der Waals surface area contributed by atoms with Crippen molar-refractivity contribution in [2.75, 3.05) is 19.8 Å². The summed E-state index contributed by atoms with van der Waals surface area (Å²) in [6, 6.07) is 8.31. The van der Waals surface area contributed by atoms with Crippen LogP contribution >= 0.6 is 0 Å². The highest BCUT2D eigenvalue weighted by atomic mass is 19.3. The van der Waals surface area contributed by atoms with Crippen molar-refractivity contribution < 1.29 is 38.4 Å². The van der Waals surface area contributed by atoms with Crippen LogP contribution in [0.25, 0.3) is 0 Å². The molecule has 0 bridgehead atoms. The maximum atomic E-state index is 14.3. The molecule has 1 aromatic carbocycles. The van der Waals surface area contributed by atoms with Gasteiger partial charge in [-0.25, -0.2) is 0 Å². The summed E-state index contributed by atoms with van der Waals surface area (Å²) in [5.41, 5.74) is 0. The molecule has 0 heterocycles. The Labute approximate surface area is 208 Å². The summed E-state index contributed by atoms with van der Waals surface area (Å²) < 4.78 is 33.7. The summed E-state index contributed by atoms with van der Waals surface area (Å²) in [7, 11) is 0. The number of carbonyl (C=O) groups is 1. The quantitative estimate of drug-likeness (QED) is 0.134. The first kappa shape index (κ1) is 29.2. The third kappa shape index (κ3) is 11.1. The molecule has 0 unspecified atom stereocenters. The minimum Gasteiger partial charge on any atom is -0.487 e. The van der Waals surface area contributed by atoms with Gasteiger partial charge in [-0.05, 0) is 49.8 Å². The molecule has 1 aromatic rings. The summed E-state index contributed by atoms with van der Waals surface area (Å²) in [6.45, 7) is -0.618. The minimum atomic E-state index is -3.23. The highest BCUT2D eigenvalue weighted by Gasteiger charge is 2.40. The molecule has 0 saturated heterocycles. The molecule has 0 spiro atoms. The molecule has 9 nitrogen and oxygen atoms in total. The second-order valence-electron chi connectivity index (χ2n) is 8.69. The third-order valence-electron chi connectivity index (χ3n) is 5.84. The molecule has 1 aliphatic carbocycles. The van der Waals surface area contributed by atoms with E-state index < -0.39 is 41.7 Å². The molecule has 1 fully saturated rings. The van der Waals surface area contributed by atoms with Gasteiger partial charge in [0.25, 0.3) is 11.0 Å². The fraction of sp³-hybridized carbons (Fsp3) is 0.560. The summed E-state index contributed by atoms with van der Waals surface area (Å²) in [6.07, 6.45) is 6.32. The number of ether oxygens (including phenoxy) is 1. The maximum Gasteiger partial charge on any atom is 0.299 e. The summed E-state index contributed by atoms with van der Waals surface area (Å²) in [5.74, 6) is -4.07. The fourth-order valence-corrected chi connectivity index (χ4v) is 3.98. The number of benzene rings is 1. The van der Waals surface area contributed by atoms with Gasteiger partial charge in [-0.15, -0.1) is 10.1 Å². The number of para-hydroxylation sites is 1. The molecule has 0 radical (unpaired) electrons. The first-order chi connectivity index (χ1) is 17.2. The Morgan fingerprint density at radius 3 is 2.67 bits per heavy atom. The Bertz CT molecular complexity index is 867. The van der Waals surface area contributed by atoms with Crippen molar-refractivity contribution in [3.63, 3.8) is 0 Å². The van der Waals surface area contributed by atoms with Crippen molar-refractivity contribution in [1.82, 2.24) is 5.32 Å². The summed E-state index contributed by atoms with van der Waals surface area (Å²) in [4.78, 5) is 25.9. The standard InChI is InChI=1S/C25H34F2N2O7/c26-25(27,18-35-19-9-4-3-5-10-19)14-13-21-20(22(30)17-23(21)31)11-6-1-2-7-12-24(32)28-15-8-16-36-29(33)34/h1,3-6,9-10,13-14,20-23,30-31H,2,7-8,11-12,15-18H2,(H,28,32)/b6-1-,14-13+/t20-,21-,22+,23-/m1/s1. The number of aliphatic hydroxyl groups excluding tert-OH is 2. The number of alkyl halides is 2. The predicted octanol–water partition coefficient (Wildman–Crippen LogP) is 3.45. The molecule has 36 heavy (non-hydrogen) atoms. The van der Waals surface area contributed by atoms with Crippen molar-refractivity contribution in [3.05, 3.63) is 64.8 Å². The van der Waals surface area contributed by atoms with E-state index in [9.17, 15) is 33.9 Å². The molecule has 1 aliphatic rings.